The number of aliphatic imine (C=N–C) groups is 1. The Labute approximate surface area is 152 Å². The Hall–Kier alpha value is -1.15. The molecule has 0 saturated heterocycles. The van der Waals surface area contributed by atoms with Crippen LogP contribution in [0, 0.1) is 0 Å². The number of aryl methyl sites for hydroxylation is 1. The van der Waals surface area contributed by atoms with Crippen molar-refractivity contribution in [1.29, 1.82) is 0 Å². The zero-order valence-electron chi connectivity index (χ0n) is 12.6. The summed E-state index contributed by atoms with van der Waals surface area (Å²) in [5, 5.41) is 9.92. The molecule has 0 fully saturated rings. The van der Waals surface area contributed by atoms with Gasteiger partial charge in [-0.05, 0) is 30.4 Å². The first-order valence-electron chi connectivity index (χ1n) is 7.27. The molecule has 0 amide bonds. The fourth-order valence-corrected chi connectivity index (χ4v) is 3.26. The highest BCUT2D eigenvalue weighted by molar-refractivity contribution is 14.0. The van der Waals surface area contributed by atoms with E-state index in [1.54, 1.807) is 11.3 Å². The normalized spacial score (nSPS) is 17.3. The van der Waals surface area contributed by atoms with E-state index < -0.39 is 0 Å². The summed E-state index contributed by atoms with van der Waals surface area (Å²) in [4.78, 5) is 8.58. The lowest BCUT2D eigenvalue weighted by Gasteiger charge is -2.27. The minimum absolute atomic E-state index is 0. The number of hydrogen-bond acceptors (Lipinski definition) is 3. The summed E-state index contributed by atoms with van der Waals surface area (Å²) in [5.74, 6) is 0.856. The summed E-state index contributed by atoms with van der Waals surface area (Å²) >= 11 is 1.66. The first kappa shape index (κ1) is 17.2. The predicted molar refractivity (Wildman–Crippen MR) is 103 cm³/mol. The third-order valence-corrected chi connectivity index (χ3v) is 4.58. The van der Waals surface area contributed by atoms with E-state index in [1.165, 1.54) is 11.1 Å². The molecule has 1 unspecified atom stereocenters. The summed E-state index contributed by atoms with van der Waals surface area (Å²) in [7, 11) is 1.81. The second-order valence-corrected chi connectivity index (χ2v) is 6.18. The summed E-state index contributed by atoms with van der Waals surface area (Å²) in [6.07, 6.45) is 5.18. The molecule has 1 aromatic carbocycles. The Morgan fingerprint density at radius 2 is 2.18 bits per heavy atom. The van der Waals surface area contributed by atoms with Gasteiger partial charge in [-0.25, -0.2) is 4.98 Å². The van der Waals surface area contributed by atoms with Gasteiger partial charge in [-0.2, -0.15) is 0 Å². The maximum Gasteiger partial charge on any atom is 0.191 e. The quantitative estimate of drug-likeness (QED) is 0.449. The maximum atomic E-state index is 4.31. The molecular weight excluding hydrogens is 407 g/mol. The second-order valence-electron chi connectivity index (χ2n) is 5.20. The third-order valence-electron chi connectivity index (χ3n) is 3.80. The Morgan fingerprint density at radius 1 is 1.36 bits per heavy atom. The van der Waals surface area contributed by atoms with E-state index in [2.05, 4.69) is 44.9 Å². The molecule has 0 bridgehead atoms. The molecule has 0 saturated carbocycles. The average molecular weight is 428 g/mol. The number of thiazole rings is 1. The SMILES string of the molecule is CN=C(NCc1nccs1)NC1CCc2ccccc2C1.I. The van der Waals surface area contributed by atoms with Gasteiger partial charge in [0.15, 0.2) is 5.96 Å². The van der Waals surface area contributed by atoms with Crippen molar-refractivity contribution in [3.63, 3.8) is 0 Å². The van der Waals surface area contributed by atoms with Crippen LogP contribution in [0.4, 0.5) is 0 Å². The number of benzene rings is 1. The number of rotatable bonds is 3. The van der Waals surface area contributed by atoms with Gasteiger partial charge >= 0.3 is 0 Å². The first-order chi connectivity index (χ1) is 10.3. The van der Waals surface area contributed by atoms with Gasteiger partial charge in [-0.15, -0.1) is 35.3 Å². The van der Waals surface area contributed by atoms with Gasteiger partial charge in [0.1, 0.15) is 5.01 Å². The largest absolute Gasteiger partial charge is 0.353 e. The monoisotopic (exact) mass is 428 g/mol. The van der Waals surface area contributed by atoms with Crippen molar-refractivity contribution in [3.8, 4) is 0 Å². The van der Waals surface area contributed by atoms with Gasteiger partial charge in [0.2, 0.25) is 0 Å². The predicted octanol–water partition coefficient (Wildman–Crippen LogP) is 2.98. The van der Waals surface area contributed by atoms with E-state index in [9.17, 15) is 0 Å². The number of hydrogen-bond donors (Lipinski definition) is 2. The van der Waals surface area contributed by atoms with Gasteiger partial charge in [0.05, 0.1) is 6.54 Å². The first-order valence-corrected chi connectivity index (χ1v) is 8.15. The summed E-state index contributed by atoms with van der Waals surface area (Å²) in [6.45, 7) is 0.723. The van der Waals surface area contributed by atoms with Crippen LogP contribution in [0.15, 0.2) is 40.8 Å². The van der Waals surface area contributed by atoms with Crippen molar-refractivity contribution in [2.75, 3.05) is 7.05 Å². The zero-order valence-corrected chi connectivity index (χ0v) is 15.7. The maximum absolute atomic E-state index is 4.31. The summed E-state index contributed by atoms with van der Waals surface area (Å²) in [6, 6.07) is 9.16. The smallest absolute Gasteiger partial charge is 0.191 e. The number of fused-ring (bicyclic) bond motifs is 1. The molecular formula is C16H21IN4S. The van der Waals surface area contributed by atoms with E-state index in [4.69, 9.17) is 0 Å². The summed E-state index contributed by atoms with van der Waals surface area (Å²) in [5.41, 5.74) is 2.94. The molecule has 1 aliphatic carbocycles. The van der Waals surface area contributed by atoms with Crippen LogP contribution in [-0.4, -0.2) is 24.0 Å². The molecule has 22 heavy (non-hydrogen) atoms. The third kappa shape index (κ3) is 4.42. The van der Waals surface area contributed by atoms with Gasteiger partial charge in [0, 0.05) is 24.7 Å². The number of guanidine groups is 1. The number of aromatic nitrogens is 1. The topological polar surface area (TPSA) is 49.3 Å². The molecule has 2 N–H and O–H groups in total. The Bertz CT molecular complexity index is 612. The molecule has 2 aromatic rings. The van der Waals surface area contributed by atoms with E-state index in [0.717, 1.165) is 36.8 Å². The van der Waals surface area contributed by atoms with E-state index in [-0.39, 0.29) is 24.0 Å². The lowest BCUT2D eigenvalue weighted by Crippen LogP contribution is -2.45. The minimum Gasteiger partial charge on any atom is -0.353 e. The molecule has 6 heteroatoms. The molecule has 0 aliphatic heterocycles. The van der Waals surface area contributed by atoms with Crippen LogP contribution in [-0.2, 0) is 19.4 Å². The molecule has 1 atom stereocenters. The molecule has 1 heterocycles. The average Bonchev–Trinajstić information content (AvgIpc) is 3.04. The molecule has 0 spiro atoms. The van der Waals surface area contributed by atoms with Crippen molar-refractivity contribution >= 4 is 41.3 Å². The molecule has 4 nitrogen and oxygen atoms in total. The number of nitrogens with zero attached hydrogens (tertiary/aromatic N) is 2. The van der Waals surface area contributed by atoms with Crippen LogP contribution >= 0.6 is 35.3 Å². The van der Waals surface area contributed by atoms with E-state index in [1.807, 2.05) is 18.6 Å². The van der Waals surface area contributed by atoms with Gasteiger partial charge in [-0.1, -0.05) is 24.3 Å². The standard InChI is InChI=1S/C16H20N4S.HI/c1-17-16(19-11-15-18-8-9-21-15)20-14-7-6-12-4-2-3-5-13(12)10-14;/h2-5,8-9,14H,6-7,10-11H2,1H3,(H2,17,19,20);1H. The van der Waals surface area contributed by atoms with Gasteiger partial charge in [0.25, 0.3) is 0 Å². The molecule has 0 radical (unpaired) electrons. The number of halogens is 1. The van der Waals surface area contributed by atoms with Gasteiger partial charge < -0.3 is 10.6 Å². The lowest BCUT2D eigenvalue weighted by molar-refractivity contribution is 0.520. The van der Waals surface area contributed by atoms with Crippen LogP contribution in [0.2, 0.25) is 0 Å². The van der Waals surface area contributed by atoms with Crippen molar-refractivity contribution in [3.05, 3.63) is 52.0 Å². The molecule has 3 rings (SSSR count). The molecule has 1 aromatic heterocycles. The van der Waals surface area contributed by atoms with Crippen LogP contribution < -0.4 is 10.6 Å². The fraction of sp³-hybridized carbons (Fsp3) is 0.375. The minimum atomic E-state index is 0. The Morgan fingerprint density at radius 3 is 2.91 bits per heavy atom. The second kappa shape index (κ2) is 8.47. The molecule has 118 valence electrons. The Kier molecular flexibility index (Phi) is 6.63. The van der Waals surface area contributed by atoms with Gasteiger partial charge in [-0.3, -0.25) is 4.99 Å². The Balaban J connectivity index is 0.00000176. The lowest BCUT2D eigenvalue weighted by atomic mass is 9.88. The highest BCUT2D eigenvalue weighted by Gasteiger charge is 2.18. The van der Waals surface area contributed by atoms with Crippen LogP contribution in [0.3, 0.4) is 0 Å². The molecule has 1 aliphatic rings. The van der Waals surface area contributed by atoms with Crippen molar-refractivity contribution in [1.82, 2.24) is 15.6 Å². The fourth-order valence-electron chi connectivity index (χ4n) is 2.71. The van der Waals surface area contributed by atoms with E-state index >= 15 is 0 Å². The zero-order chi connectivity index (χ0) is 14.5. The summed E-state index contributed by atoms with van der Waals surface area (Å²) < 4.78 is 0. The highest BCUT2D eigenvalue weighted by Crippen LogP contribution is 2.20. The van der Waals surface area contributed by atoms with Crippen molar-refractivity contribution < 1.29 is 0 Å². The van der Waals surface area contributed by atoms with E-state index in [0.29, 0.717) is 6.04 Å². The van der Waals surface area contributed by atoms with Crippen molar-refractivity contribution in [2.24, 2.45) is 4.99 Å². The van der Waals surface area contributed by atoms with Crippen LogP contribution in [0.5, 0.6) is 0 Å². The highest BCUT2D eigenvalue weighted by atomic mass is 127. The number of nitrogens with one attached hydrogen (secondary N) is 2. The van der Waals surface area contributed by atoms with Crippen LogP contribution in [0.1, 0.15) is 22.6 Å². The van der Waals surface area contributed by atoms with Crippen molar-refractivity contribution in [2.45, 2.75) is 31.8 Å². The van der Waals surface area contributed by atoms with Crippen LogP contribution in [0.25, 0.3) is 0 Å².